The zero-order valence-electron chi connectivity index (χ0n) is 6.32. The van der Waals surface area contributed by atoms with E-state index in [1.54, 1.807) is 7.11 Å². The van der Waals surface area contributed by atoms with Crippen LogP contribution in [0.15, 0.2) is 24.3 Å². The Morgan fingerprint density at radius 2 is 1.91 bits per heavy atom. The van der Waals surface area contributed by atoms with Crippen LogP contribution in [0, 0.1) is 12.2 Å². The molecule has 0 aromatic heterocycles. The molecule has 0 radical (unpaired) electrons. The van der Waals surface area contributed by atoms with E-state index < -0.39 is 0 Å². The van der Waals surface area contributed by atoms with Crippen LogP contribution < -0.4 is 4.74 Å². The first-order valence-corrected chi connectivity index (χ1v) is 3.55. The molecular formula is C9H10NiO-. The molecule has 0 bridgehead atoms. The zero-order valence-corrected chi connectivity index (χ0v) is 7.31. The molecule has 11 heavy (non-hydrogen) atoms. The summed E-state index contributed by atoms with van der Waals surface area (Å²) in [7, 11) is 1.64. The van der Waals surface area contributed by atoms with E-state index in [0.29, 0.717) is 0 Å². The molecule has 0 aliphatic rings. The molecule has 0 saturated heterocycles. The van der Waals surface area contributed by atoms with Gasteiger partial charge in [0.2, 0.25) is 0 Å². The molecule has 0 aliphatic carbocycles. The molecule has 0 amide bonds. The van der Waals surface area contributed by atoms with Gasteiger partial charge in [-0.25, -0.2) is 0 Å². The molecule has 1 aromatic rings. The summed E-state index contributed by atoms with van der Waals surface area (Å²) < 4.78 is 4.98. The molecule has 0 heterocycles. The summed E-state index contributed by atoms with van der Waals surface area (Å²) in [5, 5.41) is 4.12. The van der Waals surface area contributed by atoms with Crippen molar-refractivity contribution in [2.24, 2.45) is 0 Å². The van der Waals surface area contributed by atoms with Crippen molar-refractivity contribution in [2.75, 3.05) is 7.11 Å². The van der Waals surface area contributed by atoms with Gasteiger partial charge in [-0.3, -0.25) is 0 Å². The van der Waals surface area contributed by atoms with Crippen molar-refractivity contribution < 1.29 is 19.6 Å². The molecule has 0 saturated carbocycles. The first-order valence-electron chi connectivity index (χ1n) is 2.98. The Bertz CT molecular complexity index is 230. The summed E-state index contributed by atoms with van der Waals surface area (Å²) >= 11 is 3.38. The summed E-state index contributed by atoms with van der Waals surface area (Å²) in [5.74, 6) is 0.845. The van der Waals surface area contributed by atoms with Crippen molar-refractivity contribution in [1.82, 2.24) is 0 Å². The standard InChI is InChI=1S/C8H9O.CH.Ni/c1-7-5-3-4-6-8(7)9-2;;/h3-6H,1H2,2H3;1H;/q-1;;. The first kappa shape index (κ1) is 10.2. The molecular weight excluding hydrogens is 183 g/mol. The number of methoxy groups -OCH3 is 1. The van der Waals surface area contributed by atoms with Gasteiger partial charge >= 0.3 is 20.1 Å². The first-order chi connectivity index (χ1) is 5.34. The van der Waals surface area contributed by atoms with Gasteiger partial charge < -0.3 is 4.74 Å². The van der Waals surface area contributed by atoms with Gasteiger partial charge in [0.05, 0.1) is 7.11 Å². The summed E-state index contributed by atoms with van der Waals surface area (Å²) in [6.07, 6.45) is 0. The van der Waals surface area contributed by atoms with Gasteiger partial charge in [0.25, 0.3) is 0 Å². The Hall–Kier alpha value is -0.836. The Kier molecular flexibility index (Phi) is 5.46. The quantitative estimate of drug-likeness (QED) is 0.489. The van der Waals surface area contributed by atoms with Crippen LogP contribution in [0.4, 0.5) is 0 Å². The van der Waals surface area contributed by atoms with Crippen LogP contribution in [0.1, 0.15) is 5.56 Å². The van der Waals surface area contributed by atoms with Crippen molar-refractivity contribution >= 4 is 0 Å². The minimum atomic E-state index is 0.845. The van der Waals surface area contributed by atoms with Crippen molar-refractivity contribution in [3.8, 4) is 11.1 Å². The second-order valence-corrected chi connectivity index (χ2v) is 1.81. The van der Waals surface area contributed by atoms with E-state index in [-0.39, 0.29) is 0 Å². The Labute approximate surface area is 74.9 Å². The third-order valence-electron chi connectivity index (χ3n) is 1.19. The van der Waals surface area contributed by atoms with Crippen molar-refractivity contribution in [3.05, 3.63) is 36.8 Å². The normalized spacial score (nSPS) is 7.73. The fourth-order valence-corrected chi connectivity index (χ4v) is 0.703. The second kappa shape index (κ2) is 5.91. The van der Waals surface area contributed by atoms with Crippen LogP contribution in [-0.4, -0.2) is 7.11 Å². The van der Waals surface area contributed by atoms with Crippen LogP contribution in [0.25, 0.3) is 0 Å². The predicted octanol–water partition coefficient (Wildman–Crippen LogP) is 2.00. The molecule has 0 atom stereocenters. The van der Waals surface area contributed by atoms with Crippen LogP contribution >= 0.6 is 0 Å². The third-order valence-corrected chi connectivity index (χ3v) is 1.19. The predicted molar refractivity (Wildman–Crippen MR) is 42.4 cm³/mol. The number of hydrogen-bond acceptors (Lipinski definition) is 1. The molecule has 63 valence electrons. The van der Waals surface area contributed by atoms with Crippen molar-refractivity contribution in [3.63, 3.8) is 0 Å². The molecule has 1 nitrogen and oxygen atoms in total. The monoisotopic (exact) mass is 192 g/mol. The van der Waals surface area contributed by atoms with Gasteiger partial charge in [0.15, 0.2) is 0 Å². The van der Waals surface area contributed by atoms with E-state index >= 15 is 0 Å². The van der Waals surface area contributed by atoms with Crippen LogP contribution in [-0.2, 0) is 14.8 Å². The number of hydrogen-bond donors (Lipinski definition) is 0. The van der Waals surface area contributed by atoms with Gasteiger partial charge in [-0.05, 0) is 0 Å². The number of para-hydroxylation sites is 1. The molecule has 0 fully saturated rings. The van der Waals surface area contributed by atoms with E-state index in [1.165, 1.54) is 0 Å². The molecule has 0 unspecified atom stereocenters. The van der Waals surface area contributed by atoms with Crippen molar-refractivity contribution in [1.29, 1.82) is 0 Å². The van der Waals surface area contributed by atoms with Gasteiger partial charge in [-0.2, -0.15) is 18.6 Å². The average Bonchev–Trinajstić information content (AvgIpc) is 2.09. The summed E-state index contributed by atoms with van der Waals surface area (Å²) in [4.78, 5) is 0. The topological polar surface area (TPSA) is 9.23 Å². The number of rotatable bonds is 1. The van der Waals surface area contributed by atoms with E-state index in [0.717, 1.165) is 11.3 Å². The maximum absolute atomic E-state index is 4.98. The SMILES string of the molecule is [CH2-]c1ccccc1OC.[CH]#[Ni]. The average molecular weight is 193 g/mol. The number of ether oxygens (including phenoxy) is 1. The zero-order chi connectivity index (χ0) is 8.69. The van der Waals surface area contributed by atoms with E-state index in [1.807, 2.05) is 24.3 Å². The van der Waals surface area contributed by atoms with Gasteiger partial charge in [-0.15, -0.1) is 6.07 Å². The maximum atomic E-state index is 4.98. The van der Waals surface area contributed by atoms with Crippen LogP contribution in [0.3, 0.4) is 0 Å². The minimum absolute atomic E-state index is 0.845. The Balaban J connectivity index is 0.000000461. The Morgan fingerprint density at radius 3 is 2.27 bits per heavy atom. The van der Waals surface area contributed by atoms with Gasteiger partial charge in [0.1, 0.15) is 0 Å². The third kappa shape index (κ3) is 3.18. The van der Waals surface area contributed by atoms with Crippen LogP contribution in [0.5, 0.6) is 5.75 Å². The van der Waals surface area contributed by atoms with Gasteiger partial charge in [0, 0.05) is 5.75 Å². The van der Waals surface area contributed by atoms with Crippen LogP contribution in [0.2, 0.25) is 0 Å². The molecule has 1 aromatic carbocycles. The summed E-state index contributed by atoms with van der Waals surface area (Å²) in [6.45, 7) is 3.77. The van der Waals surface area contributed by atoms with E-state index in [9.17, 15) is 0 Å². The molecule has 0 N–H and O–H groups in total. The Morgan fingerprint density at radius 1 is 1.36 bits per heavy atom. The molecule has 0 aliphatic heterocycles. The number of benzene rings is 1. The van der Waals surface area contributed by atoms with E-state index in [2.05, 4.69) is 27.1 Å². The summed E-state index contributed by atoms with van der Waals surface area (Å²) in [6, 6.07) is 7.67. The molecule has 1 rings (SSSR count). The molecule has 2 heteroatoms. The molecule has 0 spiro atoms. The summed E-state index contributed by atoms with van der Waals surface area (Å²) in [5.41, 5.74) is 0.931. The van der Waals surface area contributed by atoms with Crippen molar-refractivity contribution in [2.45, 2.75) is 0 Å². The fraction of sp³-hybridized carbons (Fsp3) is 0.111. The second-order valence-electron chi connectivity index (χ2n) is 1.81. The van der Waals surface area contributed by atoms with Gasteiger partial charge in [-0.1, -0.05) is 12.1 Å². The van der Waals surface area contributed by atoms with E-state index in [4.69, 9.17) is 4.74 Å². The fourth-order valence-electron chi connectivity index (χ4n) is 0.703.